The maximum atomic E-state index is 10.3. The average Bonchev–Trinajstić information content (AvgIpc) is 2.78. The van der Waals surface area contributed by atoms with Crippen molar-refractivity contribution in [2.45, 2.75) is 18.4 Å². The highest BCUT2D eigenvalue weighted by Crippen LogP contribution is 2.20. The Labute approximate surface area is 78.4 Å². The summed E-state index contributed by atoms with van der Waals surface area (Å²) in [5, 5.41) is 12.1. The Bertz CT molecular complexity index is 178. The Morgan fingerprint density at radius 2 is 2.50 bits per heavy atom. The van der Waals surface area contributed by atoms with Crippen molar-refractivity contribution in [3.63, 3.8) is 0 Å². The van der Waals surface area contributed by atoms with Gasteiger partial charge in [0.2, 0.25) is 0 Å². The molecule has 3 atom stereocenters. The molecule has 0 bridgehead atoms. The first-order chi connectivity index (χ1) is 5.65. The van der Waals surface area contributed by atoms with E-state index < -0.39 is 12.0 Å². The molecule has 0 spiro atoms. The van der Waals surface area contributed by atoms with Gasteiger partial charge in [-0.3, -0.25) is 10.1 Å². The topological polar surface area (TPSA) is 87.9 Å². The first kappa shape index (κ1) is 9.91. The monoisotopic (exact) mass is 238 g/mol. The zero-order valence-corrected chi connectivity index (χ0v) is 7.95. The number of epoxide rings is 1. The van der Waals surface area contributed by atoms with Crippen LogP contribution in [-0.2, 0) is 9.53 Å². The number of rotatable bonds is 5. The Kier molecular flexibility index (Phi) is 3.45. The zero-order valence-electron chi connectivity index (χ0n) is 6.37. The van der Waals surface area contributed by atoms with E-state index in [1.54, 1.807) is 0 Å². The van der Waals surface area contributed by atoms with Gasteiger partial charge < -0.3 is 15.6 Å². The normalized spacial score (nSPS) is 29.8. The first-order valence-electron chi connectivity index (χ1n) is 3.58. The number of nitrogens with two attached hydrogens (primary N) is 1. The van der Waals surface area contributed by atoms with E-state index in [4.69, 9.17) is 15.6 Å². The molecule has 70 valence electrons. The Balaban J connectivity index is 2.07. The quantitative estimate of drug-likeness (QED) is 0.427. The fourth-order valence-electron chi connectivity index (χ4n) is 0.770. The van der Waals surface area contributed by atoms with Crippen LogP contribution in [0, 0.1) is 0 Å². The summed E-state index contributed by atoms with van der Waals surface area (Å²) in [6.45, 7) is 0.240. The summed E-state index contributed by atoms with van der Waals surface area (Å²) in [4.78, 5) is 10.3. The summed E-state index contributed by atoms with van der Waals surface area (Å²) in [6, 6.07) is -0.856. The second-order valence-corrected chi connectivity index (χ2v) is 3.25. The zero-order chi connectivity index (χ0) is 9.14. The number of hydrogen-bond donors (Lipinski definition) is 3. The van der Waals surface area contributed by atoms with Crippen molar-refractivity contribution in [1.29, 1.82) is 0 Å². The smallest absolute Gasteiger partial charge is 0.321 e. The summed E-state index contributed by atoms with van der Waals surface area (Å²) in [6.07, 6.45) is 0.126. The van der Waals surface area contributed by atoms with Gasteiger partial charge in [-0.25, -0.2) is 0 Å². The van der Waals surface area contributed by atoms with Crippen molar-refractivity contribution in [3.05, 3.63) is 0 Å². The highest BCUT2D eigenvalue weighted by atomic mass is 79.9. The number of hydrogen-bond acceptors (Lipinski definition) is 4. The summed E-state index contributed by atoms with van der Waals surface area (Å²) in [7, 11) is 0. The molecule has 5 nitrogen and oxygen atoms in total. The summed E-state index contributed by atoms with van der Waals surface area (Å²) < 4.78 is 5.09. The van der Waals surface area contributed by atoms with E-state index in [0.29, 0.717) is 0 Å². The molecule has 1 aliphatic rings. The number of carbonyl (C=O) groups is 1. The van der Waals surface area contributed by atoms with Gasteiger partial charge in [-0.2, -0.15) is 0 Å². The number of carboxylic acids is 1. The molecule has 0 amide bonds. The Morgan fingerprint density at radius 1 is 1.83 bits per heavy atom. The van der Waals surface area contributed by atoms with Crippen molar-refractivity contribution < 1.29 is 14.6 Å². The predicted molar refractivity (Wildman–Crippen MR) is 46.1 cm³/mol. The molecule has 0 saturated carbocycles. The number of aliphatic carboxylic acids is 1. The van der Waals surface area contributed by atoms with Gasteiger partial charge in [0.05, 0.1) is 0 Å². The first-order valence-corrected chi connectivity index (χ1v) is 4.70. The maximum Gasteiger partial charge on any atom is 0.321 e. The molecule has 1 rings (SSSR count). The predicted octanol–water partition coefficient (Wildman–Crippen LogP) is -0.892. The van der Waals surface area contributed by atoms with Crippen molar-refractivity contribution >= 4 is 21.9 Å². The number of alkyl halides is 1. The number of carboxylic acid groups (broad SMARTS) is 1. The minimum atomic E-state index is -1.00. The van der Waals surface area contributed by atoms with E-state index in [1.807, 2.05) is 0 Å². The van der Waals surface area contributed by atoms with Crippen LogP contribution in [0.25, 0.3) is 0 Å². The SMILES string of the molecule is N[C@@H](CNC1OC1CBr)C(=O)O. The third-order valence-corrected chi connectivity index (χ3v) is 2.23. The van der Waals surface area contributed by atoms with Gasteiger partial charge in [-0.15, -0.1) is 0 Å². The molecular weight excluding hydrogens is 228 g/mol. The summed E-state index contributed by atoms with van der Waals surface area (Å²) >= 11 is 3.24. The third kappa shape index (κ3) is 2.71. The minimum absolute atomic E-state index is 0.0326. The number of nitrogens with one attached hydrogen (secondary N) is 1. The molecule has 0 radical (unpaired) electrons. The molecule has 1 saturated heterocycles. The van der Waals surface area contributed by atoms with Crippen LogP contribution in [0.1, 0.15) is 0 Å². The van der Waals surface area contributed by atoms with Gasteiger partial charge in [0.25, 0.3) is 0 Å². The second-order valence-electron chi connectivity index (χ2n) is 2.60. The Morgan fingerprint density at radius 3 is 2.92 bits per heavy atom. The van der Waals surface area contributed by atoms with Gasteiger partial charge in [0.1, 0.15) is 18.4 Å². The molecule has 1 heterocycles. The molecule has 0 aliphatic carbocycles. The molecule has 12 heavy (non-hydrogen) atoms. The van der Waals surface area contributed by atoms with E-state index in [2.05, 4.69) is 21.2 Å². The van der Waals surface area contributed by atoms with Gasteiger partial charge in [-0.1, -0.05) is 15.9 Å². The van der Waals surface area contributed by atoms with E-state index in [9.17, 15) is 4.79 Å². The van der Waals surface area contributed by atoms with Crippen LogP contribution in [0.4, 0.5) is 0 Å². The Hall–Kier alpha value is -0.170. The third-order valence-electron chi connectivity index (χ3n) is 1.59. The molecule has 0 aromatic heterocycles. The van der Waals surface area contributed by atoms with Gasteiger partial charge in [0, 0.05) is 11.9 Å². The summed E-state index contributed by atoms with van der Waals surface area (Å²) in [5.41, 5.74) is 5.25. The molecule has 4 N–H and O–H groups in total. The van der Waals surface area contributed by atoms with Crippen molar-refractivity contribution in [2.24, 2.45) is 5.73 Å². The van der Waals surface area contributed by atoms with E-state index in [-0.39, 0.29) is 18.9 Å². The number of halogens is 1. The lowest BCUT2D eigenvalue weighted by Gasteiger charge is -2.05. The van der Waals surface area contributed by atoms with E-state index in [1.165, 1.54) is 0 Å². The fraction of sp³-hybridized carbons (Fsp3) is 0.833. The van der Waals surface area contributed by atoms with Crippen LogP contribution in [-0.4, -0.2) is 41.3 Å². The van der Waals surface area contributed by atoms with Gasteiger partial charge >= 0.3 is 5.97 Å². The van der Waals surface area contributed by atoms with E-state index >= 15 is 0 Å². The van der Waals surface area contributed by atoms with Crippen LogP contribution in [0.3, 0.4) is 0 Å². The van der Waals surface area contributed by atoms with Crippen molar-refractivity contribution in [2.75, 3.05) is 11.9 Å². The van der Waals surface area contributed by atoms with Crippen LogP contribution < -0.4 is 11.1 Å². The van der Waals surface area contributed by atoms with Crippen molar-refractivity contribution in [3.8, 4) is 0 Å². The second kappa shape index (κ2) is 4.18. The fourth-order valence-corrected chi connectivity index (χ4v) is 1.26. The van der Waals surface area contributed by atoms with Crippen LogP contribution >= 0.6 is 15.9 Å². The largest absolute Gasteiger partial charge is 0.480 e. The molecule has 1 fully saturated rings. The number of ether oxygens (including phenoxy) is 1. The molecule has 0 aromatic rings. The lowest BCUT2D eigenvalue weighted by molar-refractivity contribution is -0.138. The highest BCUT2D eigenvalue weighted by Gasteiger charge is 2.37. The molecule has 2 unspecified atom stereocenters. The van der Waals surface area contributed by atoms with Gasteiger partial charge in [0.15, 0.2) is 0 Å². The highest BCUT2D eigenvalue weighted by molar-refractivity contribution is 9.09. The van der Waals surface area contributed by atoms with Gasteiger partial charge in [-0.05, 0) is 0 Å². The molecule has 0 aromatic carbocycles. The van der Waals surface area contributed by atoms with Crippen molar-refractivity contribution in [1.82, 2.24) is 5.32 Å². The van der Waals surface area contributed by atoms with Crippen LogP contribution in [0.5, 0.6) is 0 Å². The average molecular weight is 239 g/mol. The van der Waals surface area contributed by atoms with Crippen LogP contribution in [0.15, 0.2) is 0 Å². The lowest BCUT2D eigenvalue weighted by Crippen LogP contribution is -2.41. The standard InChI is InChI=1S/C6H11BrN2O3/c7-1-4-5(12-4)9-2-3(8)6(10)11/h3-5,9H,1-2,8H2,(H,10,11)/t3-,4?,5?/m0/s1. The minimum Gasteiger partial charge on any atom is -0.480 e. The lowest BCUT2D eigenvalue weighted by atomic mass is 10.3. The summed E-state index contributed by atoms with van der Waals surface area (Å²) in [5.74, 6) is -1.00. The molecular formula is C6H11BrN2O3. The van der Waals surface area contributed by atoms with E-state index in [0.717, 1.165) is 5.33 Å². The molecule has 6 heteroatoms. The van der Waals surface area contributed by atoms with Crippen LogP contribution in [0.2, 0.25) is 0 Å². The maximum absolute atomic E-state index is 10.3. The molecule has 1 aliphatic heterocycles.